The first kappa shape index (κ1) is 75.3. The Labute approximate surface area is 663 Å². The normalized spacial score (nSPS) is 18.0. The maximum absolute atomic E-state index is 15.1. The number of esters is 4. The fraction of sp³-hybridized carbons (Fsp3) is 0.318. The van der Waals surface area contributed by atoms with Crippen molar-refractivity contribution in [1.82, 2.24) is 19.6 Å². The molecule has 8 aliphatic heterocycles. The molecule has 0 N–H and O–H groups in total. The molecule has 0 unspecified atom stereocenters. The Balaban J connectivity index is 1.02. The molecule has 0 atom stereocenters. The Bertz CT molecular complexity index is 4650. The van der Waals surface area contributed by atoms with Crippen molar-refractivity contribution in [1.29, 1.82) is 0 Å². The predicted molar refractivity (Wildman–Crippen MR) is 404 cm³/mol. The largest absolute Gasteiger partial charge is 0.466 e. The van der Waals surface area contributed by atoms with Crippen LogP contribution >= 0.6 is 0 Å². The van der Waals surface area contributed by atoms with Gasteiger partial charge in [-0.2, -0.15) is 0 Å². The maximum Gasteiger partial charge on any atom is 0.302 e. The van der Waals surface area contributed by atoms with Crippen LogP contribution < -0.4 is 37.9 Å². The van der Waals surface area contributed by atoms with E-state index >= 15 is 38.4 Å². The molecular formula is C88H76N4O24. The van der Waals surface area contributed by atoms with Crippen molar-refractivity contribution in [2.75, 3.05) is 53.6 Å². The van der Waals surface area contributed by atoms with Gasteiger partial charge in [0.15, 0.2) is 0 Å². The number of hydrogen-bond donors (Lipinski definition) is 0. The number of amides is 8. The molecule has 0 aromatic heterocycles. The molecule has 8 amide bonds. The fourth-order valence-corrected chi connectivity index (χ4v) is 17.7. The lowest BCUT2D eigenvalue weighted by atomic mass is 9.74. The number of carbonyl (C=O) groups excluding carboxylic acids is 12. The summed E-state index contributed by atoms with van der Waals surface area (Å²) in [5, 5.41) is 0. The third-order valence-electron chi connectivity index (χ3n) is 22.7. The number of imide groups is 4. The van der Waals surface area contributed by atoms with Gasteiger partial charge in [0.2, 0.25) is 27.2 Å². The number of benzene rings is 8. The van der Waals surface area contributed by atoms with Crippen LogP contribution in [0.2, 0.25) is 0 Å². The SMILES string of the molecule is CC(=O)OCCCC1c2cc3c4c(CN5C(=O)c6ccccc6C5=O)c2OCOc2c1cc1c(c2CN2C(=O)c5ccccc5C2=O)OCOc2c(cc5c(c2CN2C(=O)c6ccccc6C2=O)OCOc2c(cc(c(c2CN2C(=O)c6ccccc6C2=O)OCO4)C3CCCOC(C)=O)C5CCCOC(C)=O)C1CCCOC(C)=O. The van der Waals surface area contributed by atoms with Crippen LogP contribution in [0.4, 0.5) is 0 Å². The van der Waals surface area contributed by atoms with Gasteiger partial charge in [0.1, 0.15) is 46.0 Å². The lowest BCUT2D eigenvalue weighted by Gasteiger charge is -2.38. The minimum Gasteiger partial charge on any atom is -0.466 e. The summed E-state index contributed by atoms with van der Waals surface area (Å²) in [7, 11) is 0. The third-order valence-corrected chi connectivity index (χ3v) is 22.7. The quantitative estimate of drug-likeness (QED) is 0.0235. The van der Waals surface area contributed by atoms with E-state index in [0.717, 1.165) is 19.6 Å². The summed E-state index contributed by atoms with van der Waals surface area (Å²) in [4.78, 5) is 177. The van der Waals surface area contributed by atoms with Crippen LogP contribution in [-0.2, 0) is 64.3 Å². The second-order valence-electron chi connectivity index (χ2n) is 29.5. The summed E-state index contributed by atoms with van der Waals surface area (Å²) in [5.74, 6) is -11.0. The highest BCUT2D eigenvalue weighted by Crippen LogP contribution is 2.60. The van der Waals surface area contributed by atoms with Crippen molar-refractivity contribution in [2.45, 2.75) is 129 Å². The van der Waals surface area contributed by atoms with E-state index in [9.17, 15) is 19.2 Å². The minimum absolute atomic E-state index is 0.0609. The summed E-state index contributed by atoms with van der Waals surface area (Å²) in [6, 6.07) is 33.2. The average molecular weight is 1570 g/mol. The number of fused-ring (bicyclic) bond motifs is 4. The van der Waals surface area contributed by atoms with Crippen molar-refractivity contribution in [3.05, 3.63) is 233 Å². The molecule has 0 radical (unpaired) electrons. The molecule has 1 aliphatic carbocycles. The van der Waals surface area contributed by atoms with E-state index in [4.69, 9.17) is 56.8 Å². The first-order chi connectivity index (χ1) is 56.2. The topological polar surface area (TPSA) is 329 Å². The second kappa shape index (κ2) is 30.8. The Kier molecular flexibility index (Phi) is 20.0. The highest BCUT2D eigenvalue weighted by Gasteiger charge is 2.48. The van der Waals surface area contributed by atoms with Crippen LogP contribution in [0.3, 0.4) is 0 Å². The van der Waals surface area contributed by atoms with E-state index in [2.05, 4.69) is 0 Å². The first-order valence-electron chi connectivity index (χ1n) is 38.4. The number of rotatable bonds is 24. The molecule has 0 spiro atoms. The second-order valence-corrected chi connectivity index (χ2v) is 29.5. The summed E-state index contributed by atoms with van der Waals surface area (Å²) in [5.41, 5.74) is 4.73. The molecule has 17 rings (SSSR count). The van der Waals surface area contributed by atoms with Crippen LogP contribution in [0.5, 0.6) is 46.0 Å². The van der Waals surface area contributed by atoms with Crippen LogP contribution in [0, 0.1) is 0 Å². The molecular weight excluding hydrogens is 1500 g/mol. The van der Waals surface area contributed by atoms with Crippen LogP contribution in [-0.4, -0.2) is 144 Å². The molecule has 8 aromatic carbocycles. The van der Waals surface area contributed by atoms with Gasteiger partial charge in [-0.05, 0) is 124 Å². The number of ether oxygens (including phenoxy) is 12. The van der Waals surface area contributed by atoms with Crippen molar-refractivity contribution < 1.29 is 114 Å². The van der Waals surface area contributed by atoms with E-state index in [1.807, 2.05) is 24.3 Å². The monoisotopic (exact) mass is 1570 g/mol. The molecule has 8 bridgehead atoms. The zero-order chi connectivity index (χ0) is 80.5. The predicted octanol–water partition coefficient (Wildman–Crippen LogP) is 12.0. The van der Waals surface area contributed by atoms with Gasteiger partial charge in [0, 0.05) is 95.9 Å². The maximum atomic E-state index is 15.1. The van der Waals surface area contributed by atoms with Crippen LogP contribution in [0.15, 0.2) is 121 Å². The van der Waals surface area contributed by atoms with Gasteiger partial charge in [-0.25, -0.2) is 0 Å². The number of carbonyl (C=O) groups is 12. The Morgan fingerprint density at radius 2 is 0.431 bits per heavy atom. The van der Waals surface area contributed by atoms with Crippen LogP contribution in [0.25, 0.3) is 0 Å². The molecule has 28 nitrogen and oxygen atoms in total. The van der Waals surface area contributed by atoms with Crippen molar-refractivity contribution in [2.24, 2.45) is 0 Å². The Morgan fingerprint density at radius 3 is 0.578 bits per heavy atom. The Morgan fingerprint density at radius 1 is 0.276 bits per heavy atom. The summed E-state index contributed by atoms with van der Waals surface area (Å²) >= 11 is 0. The van der Waals surface area contributed by atoms with E-state index in [0.29, 0.717) is 44.5 Å². The fourth-order valence-electron chi connectivity index (χ4n) is 17.7. The average Bonchev–Trinajstić information content (AvgIpc) is 0.765. The van der Waals surface area contributed by atoms with Crippen LogP contribution in [0.1, 0.15) is 252 Å². The lowest BCUT2D eigenvalue weighted by molar-refractivity contribution is -0.142. The molecule has 9 aliphatic rings. The lowest BCUT2D eigenvalue weighted by Crippen LogP contribution is -2.33. The summed E-state index contributed by atoms with van der Waals surface area (Å²) < 4.78 is 79.7. The van der Waals surface area contributed by atoms with Gasteiger partial charge in [-0.1, -0.05) is 48.5 Å². The zero-order valence-corrected chi connectivity index (χ0v) is 63.6. The Hall–Kier alpha value is -13.4. The zero-order valence-electron chi connectivity index (χ0n) is 63.6. The smallest absolute Gasteiger partial charge is 0.302 e. The standard InChI is InChI=1S/C88H76N4O24/c1-45(93)105-29-13-25-49-61-33-63-50(26-14-30-106-46(2)94)65-35-67-52(28-16-32-108-48(4)96)68-36-66-51(27-15-31-107-47(3)95)64-34-62(49)74-70(38-90-83(99)55-19-7-8-20-56(55)84(90)100)76(64)112-43-114-78(66)72(40-92-87(103)59-23-11-12-24-60(59)88(92)104)80(68)116-44-115-79(67)71(39-91-85(101)57-21-9-10-22-58(57)86(91)102)77(65)113-42-111-75(63)69(73(61)109-41-110-74)37-89-81(97)53-17-5-6-18-54(53)82(89)98/h5-12,17-24,33-36,49-52H,13-16,25-32,37-44H2,1-4H3. The van der Waals surface area contributed by atoms with E-state index in [-0.39, 0.29) is 191 Å². The number of nitrogens with zero attached hydrogens (tertiary/aromatic N) is 4. The van der Waals surface area contributed by atoms with Gasteiger partial charge in [-0.15, -0.1) is 0 Å². The van der Waals surface area contributed by atoms with Crippen molar-refractivity contribution >= 4 is 71.1 Å². The van der Waals surface area contributed by atoms with E-state index < -0.39 is 148 Å². The van der Waals surface area contributed by atoms with Crippen molar-refractivity contribution in [3.8, 4) is 46.0 Å². The molecule has 116 heavy (non-hydrogen) atoms. The highest BCUT2D eigenvalue weighted by atomic mass is 16.7. The van der Waals surface area contributed by atoms with E-state index in [1.54, 1.807) is 97.1 Å². The molecule has 0 saturated carbocycles. The number of hydrogen-bond acceptors (Lipinski definition) is 24. The van der Waals surface area contributed by atoms with Crippen molar-refractivity contribution in [3.63, 3.8) is 0 Å². The van der Waals surface area contributed by atoms with Gasteiger partial charge < -0.3 is 56.8 Å². The molecule has 0 saturated heterocycles. The van der Waals surface area contributed by atoms with Gasteiger partial charge in [0.25, 0.3) is 47.3 Å². The molecule has 8 aromatic rings. The van der Waals surface area contributed by atoms with Gasteiger partial charge >= 0.3 is 23.9 Å². The van der Waals surface area contributed by atoms with Gasteiger partial charge in [-0.3, -0.25) is 77.1 Å². The van der Waals surface area contributed by atoms with Gasteiger partial charge in [0.05, 0.1) is 119 Å². The van der Waals surface area contributed by atoms with E-state index in [1.165, 1.54) is 27.7 Å². The highest BCUT2D eigenvalue weighted by molar-refractivity contribution is 6.23. The molecule has 8 heterocycles. The summed E-state index contributed by atoms with van der Waals surface area (Å²) in [6.45, 7) is -0.0858. The first-order valence-corrected chi connectivity index (χ1v) is 38.4. The molecule has 28 heteroatoms. The molecule has 592 valence electrons. The molecule has 0 fully saturated rings. The summed E-state index contributed by atoms with van der Waals surface area (Å²) in [6.07, 6.45) is 0.729. The minimum atomic E-state index is -1.04. The third kappa shape index (κ3) is 13.2.